The van der Waals surface area contributed by atoms with E-state index in [1.54, 1.807) is 0 Å². The molecular formula is C23H20N2. The number of hydrogen-bond donors (Lipinski definition) is 0. The second-order valence-corrected chi connectivity index (χ2v) is 6.21. The van der Waals surface area contributed by atoms with Crippen LogP contribution in [0.2, 0.25) is 0 Å². The maximum absolute atomic E-state index is 4.83. The lowest BCUT2D eigenvalue weighted by Crippen LogP contribution is -2.38. The van der Waals surface area contributed by atoms with Gasteiger partial charge >= 0.3 is 0 Å². The first-order valence-electron chi connectivity index (χ1n) is 8.51. The number of benzene rings is 3. The van der Waals surface area contributed by atoms with Gasteiger partial charge in [-0.25, -0.2) is 0 Å². The van der Waals surface area contributed by atoms with E-state index in [1.807, 2.05) is 6.92 Å². The van der Waals surface area contributed by atoms with Crippen LogP contribution < -0.4 is 0 Å². The average molecular weight is 324 g/mol. The van der Waals surface area contributed by atoms with Gasteiger partial charge < -0.3 is 0 Å². The Morgan fingerprint density at radius 3 is 1.32 bits per heavy atom. The maximum atomic E-state index is 4.83. The van der Waals surface area contributed by atoms with E-state index in [1.165, 1.54) is 16.7 Å². The third-order valence-corrected chi connectivity index (χ3v) is 4.64. The first-order valence-corrected chi connectivity index (χ1v) is 8.51. The van der Waals surface area contributed by atoms with Gasteiger partial charge in [-0.15, -0.1) is 0 Å². The SMILES string of the molecule is Cc1ccn(C(c2ccccc2)(c2ccccc2)c2ccccc2)n1. The molecule has 0 unspecified atom stereocenters. The Balaban J connectivity index is 2.12. The zero-order chi connectivity index (χ0) is 17.1. The highest BCUT2D eigenvalue weighted by Crippen LogP contribution is 2.40. The summed E-state index contributed by atoms with van der Waals surface area (Å²) in [5.41, 5.74) is 4.08. The highest BCUT2D eigenvalue weighted by molar-refractivity contribution is 5.50. The van der Waals surface area contributed by atoms with Crippen LogP contribution in [0.5, 0.6) is 0 Å². The Bertz CT molecular complexity index is 844. The zero-order valence-electron chi connectivity index (χ0n) is 14.2. The molecule has 0 N–H and O–H groups in total. The summed E-state index contributed by atoms with van der Waals surface area (Å²) in [4.78, 5) is 0. The molecule has 1 aromatic heterocycles. The predicted octanol–water partition coefficient (Wildman–Crippen LogP) is 5.03. The van der Waals surface area contributed by atoms with E-state index in [0.717, 1.165) is 5.69 Å². The predicted molar refractivity (Wildman–Crippen MR) is 102 cm³/mol. The summed E-state index contributed by atoms with van der Waals surface area (Å²) >= 11 is 0. The van der Waals surface area contributed by atoms with Crippen LogP contribution in [-0.2, 0) is 5.54 Å². The average Bonchev–Trinajstić information content (AvgIpc) is 3.12. The smallest absolute Gasteiger partial charge is 0.137 e. The summed E-state index contributed by atoms with van der Waals surface area (Å²) in [6.45, 7) is 2.03. The largest absolute Gasteiger partial charge is 0.253 e. The lowest BCUT2D eigenvalue weighted by Gasteiger charge is -2.36. The van der Waals surface area contributed by atoms with Gasteiger partial charge in [0.1, 0.15) is 5.54 Å². The molecule has 2 nitrogen and oxygen atoms in total. The molecule has 0 amide bonds. The standard InChI is InChI=1S/C23H20N2/c1-19-17-18-25(24-19)23(20-11-5-2-6-12-20,21-13-7-3-8-14-21)22-15-9-4-10-16-22/h2-18H,1H3. The zero-order valence-corrected chi connectivity index (χ0v) is 14.2. The monoisotopic (exact) mass is 324 g/mol. The molecule has 0 bridgehead atoms. The van der Waals surface area contributed by atoms with Gasteiger partial charge in [0.25, 0.3) is 0 Å². The van der Waals surface area contributed by atoms with Crippen molar-refractivity contribution in [1.29, 1.82) is 0 Å². The molecular weight excluding hydrogens is 304 g/mol. The Morgan fingerprint density at radius 2 is 1.00 bits per heavy atom. The fraction of sp³-hybridized carbons (Fsp3) is 0.0870. The van der Waals surface area contributed by atoms with Crippen molar-refractivity contribution >= 4 is 0 Å². The number of hydrogen-bond acceptors (Lipinski definition) is 1. The molecule has 0 spiro atoms. The summed E-state index contributed by atoms with van der Waals surface area (Å²) in [7, 11) is 0. The lowest BCUT2D eigenvalue weighted by molar-refractivity contribution is 0.458. The van der Waals surface area contributed by atoms with Crippen molar-refractivity contribution in [3.8, 4) is 0 Å². The van der Waals surface area contributed by atoms with Gasteiger partial charge in [-0.05, 0) is 29.7 Å². The number of rotatable bonds is 4. The molecule has 0 aliphatic heterocycles. The molecule has 2 heteroatoms. The normalized spacial score (nSPS) is 11.4. The fourth-order valence-electron chi connectivity index (χ4n) is 3.54. The van der Waals surface area contributed by atoms with Crippen LogP contribution in [0, 0.1) is 6.92 Å². The minimum atomic E-state index is -0.502. The molecule has 0 aliphatic carbocycles. The minimum absolute atomic E-state index is 0.502. The van der Waals surface area contributed by atoms with Crippen LogP contribution in [0.1, 0.15) is 22.4 Å². The summed E-state index contributed by atoms with van der Waals surface area (Å²) < 4.78 is 2.09. The molecule has 0 atom stereocenters. The fourth-order valence-corrected chi connectivity index (χ4v) is 3.54. The highest BCUT2D eigenvalue weighted by Gasteiger charge is 2.38. The Morgan fingerprint density at radius 1 is 0.600 bits per heavy atom. The van der Waals surface area contributed by atoms with Crippen LogP contribution in [0.15, 0.2) is 103 Å². The molecule has 0 fully saturated rings. The first kappa shape index (κ1) is 15.4. The van der Waals surface area contributed by atoms with Gasteiger partial charge in [0.2, 0.25) is 0 Å². The second-order valence-electron chi connectivity index (χ2n) is 6.21. The van der Waals surface area contributed by atoms with E-state index < -0.39 is 5.54 Å². The maximum Gasteiger partial charge on any atom is 0.137 e. The van der Waals surface area contributed by atoms with E-state index in [4.69, 9.17) is 5.10 Å². The Kier molecular flexibility index (Phi) is 3.95. The van der Waals surface area contributed by atoms with Gasteiger partial charge in [-0.3, -0.25) is 4.68 Å². The van der Waals surface area contributed by atoms with E-state index in [2.05, 4.69) is 108 Å². The van der Waals surface area contributed by atoms with Crippen molar-refractivity contribution in [3.63, 3.8) is 0 Å². The Labute approximate surface area is 148 Å². The molecule has 0 saturated heterocycles. The van der Waals surface area contributed by atoms with Crippen LogP contribution >= 0.6 is 0 Å². The van der Waals surface area contributed by atoms with Crippen LogP contribution in [0.4, 0.5) is 0 Å². The molecule has 0 aliphatic rings. The second kappa shape index (κ2) is 6.40. The first-order chi connectivity index (χ1) is 12.3. The summed E-state index contributed by atoms with van der Waals surface area (Å²) in [5.74, 6) is 0. The van der Waals surface area contributed by atoms with E-state index >= 15 is 0 Å². The number of aryl methyl sites for hydroxylation is 1. The van der Waals surface area contributed by atoms with Crippen LogP contribution in [0.25, 0.3) is 0 Å². The van der Waals surface area contributed by atoms with Gasteiger partial charge in [0.15, 0.2) is 0 Å². The Hall–Kier alpha value is -3.13. The van der Waals surface area contributed by atoms with E-state index in [9.17, 15) is 0 Å². The third kappa shape index (κ3) is 2.56. The van der Waals surface area contributed by atoms with Crippen molar-refractivity contribution in [2.75, 3.05) is 0 Å². The minimum Gasteiger partial charge on any atom is -0.253 e. The van der Waals surface area contributed by atoms with Crippen molar-refractivity contribution < 1.29 is 0 Å². The van der Waals surface area contributed by atoms with Crippen molar-refractivity contribution in [2.45, 2.75) is 12.5 Å². The quantitative estimate of drug-likeness (QED) is 0.481. The number of nitrogens with zero attached hydrogens (tertiary/aromatic N) is 2. The van der Waals surface area contributed by atoms with Gasteiger partial charge in [0, 0.05) is 6.20 Å². The molecule has 0 radical (unpaired) electrons. The van der Waals surface area contributed by atoms with Gasteiger partial charge in [-0.2, -0.15) is 5.10 Å². The van der Waals surface area contributed by atoms with Crippen molar-refractivity contribution in [3.05, 3.63) is 126 Å². The molecule has 3 aromatic carbocycles. The van der Waals surface area contributed by atoms with E-state index in [-0.39, 0.29) is 0 Å². The van der Waals surface area contributed by atoms with Gasteiger partial charge in [-0.1, -0.05) is 91.0 Å². The lowest BCUT2D eigenvalue weighted by atomic mass is 9.77. The summed E-state index contributed by atoms with van der Waals surface area (Å²) in [6.07, 6.45) is 2.07. The number of aromatic nitrogens is 2. The molecule has 25 heavy (non-hydrogen) atoms. The summed E-state index contributed by atoms with van der Waals surface area (Å²) in [6, 6.07) is 33.8. The van der Waals surface area contributed by atoms with Crippen LogP contribution in [-0.4, -0.2) is 9.78 Å². The topological polar surface area (TPSA) is 17.8 Å². The van der Waals surface area contributed by atoms with Crippen molar-refractivity contribution in [2.24, 2.45) is 0 Å². The summed E-state index contributed by atoms with van der Waals surface area (Å²) in [5, 5.41) is 4.83. The van der Waals surface area contributed by atoms with Crippen LogP contribution in [0.3, 0.4) is 0 Å². The molecule has 4 rings (SSSR count). The van der Waals surface area contributed by atoms with Crippen molar-refractivity contribution in [1.82, 2.24) is 9.78 Å². The highest BCUT2D eigenvalue weighted by atomic mass is 15.3. The van der Waals surface area contributed by atoms with E-state index in [0.29, 0.717) is 0 Å². The third-order valence-electron chi connectivity index (χ3n) is 4.64. The molecule has 122 valence electrons. The van der Waals surface area contributed by atoms with Gasteiger partial charge in [0.05, 0.1) is 5.69 Å². The molecule has 4 aromatic rings. The molecule has 1 heterocycles. The molecule has 0 saturated carbocycles.